The number of hydrogen-bond acceptors (Lipinski definition) is 6. The molecule has 0 spiro atoms. The molecule has 2 rings (SSSR count). The maximum atomic E-state index is 12.5. The van der Waals surface area contributed by atoms with Gasteiger partial charge < -0.3 is 11.1 Å². The average Bonchev–Trinajstić information content (AvgIpc) is 3.08. The van der Waals surface area contributed by atoms with Crippen molar-refractivity contribution in [2.75, 3.05) is 12.9 Å². The van der Waals surface area contributed by atoms with E-state index >= 15 is 0 Å². The number of carbonyl (C=O) groups is 1. The van der Waals surface area contributed by atoms with Crippen molar-refractivity contribution in [2.45, 2.75) is 65.5 Å². The molecular weight excluding hydrogens is 404 g/mol. The van der Waals surface area contributed by atoms with Crippen LogP contribution in [0, 0.1) is 5.41 Å². The second-order valence-electron chi connectivity index (χ2n) is 8.47. The van der Waals surface area contributed by atoms with Crippen LogP contribution < -0.4 is 16.4 Å². The molecule has 1 aliphatic carbocycles. The third-order valence-electron chi connectivity index (χ3n) is 4.78. The summed E-state index contributed by atoms with van der Waals surface area (Å²) < 4.78 is 17.7. The quantitative estimate of drug-likeness (QED) is 0.446. The van der Waals surface area contributed by atoms with Crippen LogP contribution in [0.25, 0.3) is 0 Å². The first-order valence-electron chi connectivity index (χ1n) is 10.3. The van der Waals surface area contributed by atoms with Gasteiger partial charge in [-0.1, -0.05) is 40.0 Å². The summed E-state index contributed by atoms with van der Waals surface area (Å²) in [5.41, 5.74) is 7.11. The van der Waals surface area contributed by atoms with Gasteiger partial charge in [0.1, 0.15) is 11.5 Å². The molecule has 9 nitrogen and oxygen atoms in total. The summed E-state index contributed by atoms with van der Waals surface area (Å²) in [6.07, 6.45) is 12.0. The third kappa shape index (κ3) is 8.66. The number of hydrogen-bond donors (Lipinski definition) is 3. The smallest absolute Gasteiger partial charge is 0.320 e. The fourth-order valence-electron chi connectivity index (χ4n) is 2.96. The van der Waals surface area contributed by atoms with Gasteiger partial charge in [-0.2, -0.15) is 5.10 Å². The van der Waals surface area contributed by atoms with Crippen LogP contribution in [-0.2, 0) is 21.8 Å². The van der Waals surface area contributed by atoms with Crippen molar-refractivity contribution in [2.24, 2.45) is 16.1 Å². The Balaban J connectivity index is 2.11. The van der Waals surface area contributed by atoms with Crippen LogP contribution in [0.4, 0.5) is 10.5 Å². The Kier molecular flexibility index (Phi) is 9.04. The molecule has 0 aliphatic heterocycles. The number of aliphatic imine (C=N–C) groups is 1. The predicted octanol–water partition coefficient (Wildman–Crippen LogP) is 2.74. The first-order valence-corrected chi connectivity index (χ1v) is 11.7. The molecule has 2 amide bonds. The first-order chi connectivity index (χ1) is 14.1. The molecule has 168 valence electrons. The van der Waals surface area contributed by atoms with Crippen LogP contribution in [-0.4, -0.2) is 44.8 Å². The summed E-state index contributed by atoms with van der Waals surface area (Å²) in [6, 6.07) is -0.0966. The Morgan fingerprint density at radius 3 is 2.73 bits per heavy atom. The minimum absolute atomic E-state index is 0.191. The lowest BCUT2D eigenvalue weighted by Gasteiger charge is -2.23. The van der Waals surface area contributed by atoms with Crippen molar-refractivity contribution in [3.8, 4) is 0 Å². The van der Waals surface area contributed by atoms with Gasteiger partial charge in [0.15, 0.2) is 11.1 Å². The average molecular weight is 439 g/mol. The number of nitrogens with zero attached hydrogens (tertiary/aromatic N) is 3. The van der Waals surface area contributed by atoms with Crippen molar-refractivity contribution >= 4 is 28.6 Å². The number of rotatable bonds is 7. The number of nitrogens with two attached hydrogens (primary N) is 1. The fraction of sp³-hybridized carbons (Fsp3) is 0.650. The van der Waals surface area contributed by atoms with Crippen molar-refractivity contribution in [3.05, 3.63) is 24.2 Å². The van der Waals surface area contributed by atoms with Crippen LogP contribution in [0.3, 0.4) is 0 Å². The molecule has 30 heavy (non-hydrogen) atoms. The zero-order valence-corrected chi connectivity index (χ0v) is 19.1. The van der Waals surface area contributed by atoms with Gasteiger partial charge in [0.25, 0.3) is 0 Å². The van der Waals surface area contributed by atoms with Gasteiger partial charge in [0, 0.05) is 29.5 Å². The molecule has 1 heterocycles. The molecule has 1 saturated carbocycles. The Morgan fingerprint density at radius 1 is 1.40 bits per heavy atom. The van der Waals surface area contributed by atoms with E-state index < -0.39 is 11.1 Å². The van der Waals surface area contributed by atoms with Gasteiger partial charge in [-0.25, -0.2) is 14.0 Å². The molecule has 1 aliphatic rings. The fourth-order valence-corrected chi connectivity index (χ4v) is 3.27. The highest BCUT2D eigenvalue weighted by Crippen LogP contribution is 2.21. The Morgan fingerprint density at radius 2 is 2.10 bits per heavy atom. The highest BCUT2D eigenvalue weighted by Gasteiger charge is 2.18. The number of aromatic nitrogens is 2. The number of amidine groups is 1. The highest BCUT2D eigenvalue weighted by molar-refractivity contribution is 7.79. The zero-order valence-electron chi connectivity index (χ0n) is 18.3. The second kappa shape index (κ2) is 11.3. The standard InChI is InChI=1S/C20H34N6O3S/c1-20(2,3)17(21)12-18(25-19(27)24-15-8-6-5-7-9-15)23-16-13-22-26(14-16)10-11-29-30(4)28/h12-15H,5-11,21H2,1-4H3,(H2,23,24,25,27). The monoisotopic (exact) mass is 438 g/mol. The second-order valence-corrected chi connectivity index (χ2v) is 9.50. The van der Waals surface area contributed by atoms with Crippen LogP contribution in [0.5, 0.6) is 0 Å². The Labute approximate surface area is 181 Å². The highest BCUT2D eigenvalue weighted by atomic mass is 32.2. The number of urea groups is 1. The molecule has 0 bridgehead atoms. The molecule has 1 fully saturated rings. The van der Waals surface area contributed by atoms with E-state index in [0.29, 0.717) is 23.8 Å². The van der Waals surface area contributed by atoms with Crippen LogP contribution >= 0.6 is 0 Å². The number of carbonyl (C=O) groups excluding carboxylic acids is 1. The van der Waals surface area contributed by atoms with Gasteiger partial charge in [0.2, 0.25) is 0 Å². The minimum atomic E-state index is -1.31. The van der Waals surface area contributed by atoms with Gasteiger partial charge in [-0.05, 0) is 12.8 Å². The summed E-state index contributed by atoms with van der Waals surface area (Å²) >= 11 is -1.31. The molecule has 1 atom stereocenters. The summed E-state index contributed by atoms with van der Waals surface area (Å²) in [5.74, 6) is 0.348. The van der Waals surface area contributed by atoms with E-state index in [0.717, 1.165) is 25.7 Å². The molecule has 10 heteroatoms. The van der Waals surface area contributed by atoms with Crippen LogP contribution in [0.1, 0.15) is 52.9 Å². The van der Waals surface area contributed by atoms with E-state index in [1.54, 1.807) is 23.2 Å². The van der Waals surface area contributed by atoms with E-state index in [9.17, 15) is 9.00 Å². The van der Waals surface area contributed by atoms with Crippen molar-refractivity contribution in [3.63, 3.8) is 0 Å². The number of amides is 2. The lowest BCUT2D eigenvalue weighted by Crippen LogP contribution is -2.45. The molecule has 0 aromatic carbocycles. The van der Waals surface area contributed by atoms with E-state index in [4.69, 9.17) is 9.92 Å². The maximum Gasteiger partial charge on any atom is 0.320 e. The lowest BCUT2D eigenvalue weighted by molar-refractivity contribution is 0.237. The SMILES string of the molecule is CS(=O)OCCn1cc(N=C(C=C(N)C(C)(C)C)NC(=O)NC2CCCCC2)cn1. The first kappa shape index (κ1) is 24.1. The zero-order chi connectivity index (χ0) is 22.1. The van der Waals surface area contributed by atoms with Gasteiger partial charge >= 0.3 is 6.03 Å². The number of allylic oxidation sites excluding steroid dienone is 1. The number of nitrogens with one attached hydrogen (secondary N) is 2. The molecule has 1 aromatic rings. The molecule has 0 saturated heterocycles. The van der Waals surface area contributed by atoms with Gasteiger partial charge in [-0.15, -0.1) is 0 Å². The maximum absolute atomic E-state index is 12.5. The topological polar surface area (TPSA) is 124 Å². The van der Waals surface area contributed by atoms with E-state index in [2.05, 4.69) is 20.7 Å². The lowest BCUT2D eigenvalue weighted by atomic mass is 9.92. The van der Waals surface area contributed by atoms with Crippen molar-refractivity contribution < 1.29 is 13.2 Å². The van der Waals surface area contributed by atoms with Crippen molar-refractivity contribution in [1.82, 2.24) is 20.4 Å². The Bertz CT molecular complexity index is 791. The van der Waals surface area contributed by atoms with E-state index in [1.165, 1.54) is 12.7 Å². The third-order valence-corrected chi connectivity index (χ3v) is 5.28. The van der Waals surface area contributed by atoms with Crippen LogP contribution in [0.15, 0.2) is 29.2 Å². The Hall–Kier alpha value is -2.20. The van der Waals surface area contributed by atoms with E-state index in [1.807, 2.05) is 20.8 Å². The van der Waals surface area contributed by atoms with Crippen LogP contribution in [0.2, 0.25) is 0 Å². The van der Waals surface area contributed by atoms with Gasteiger partial charge in [0.05, 0.1) is 25.5 Å². The summed E-state index contributed by atoms with van der Waals surface area (Å²) in [5, 5.41) is 10.1. The molecule has 0 radical (unpaired) electrons. The summed E-state index contributed by atoms with van der Waals surface area (Å²) in [7, 11) is 0. The van der Waals surface area contributed by atoms with Crippen molar-refractivity contribution in [1.29, 1.82) is 0 Å². The molecular formula is C20H34N6O3S. The minimum Gasteiger partial charge on any atom is -0.401 e. The largest absolute Gasteiger partial charge is 0.401 e. The van der Waals surface area contributed by atoms with Gasteiger partial charge in [-0.3, -0.25) is 14.2 Å². The molecule has 1 unspecified atom stereocenters. The predicted molar refractivity (Wildman–Crippen MR) is 120 cm³/mol. The molecule has 1 aromatic heterocycles. The normalized spacial score (nSPS) is 17.6. The van der Waals surface area contributed by atoms with E-state index in [-0.39, 0.29) is 24.1 Å². The summed E-state index contributed by atoms with van der Waals surface area (Å²) in [4.78, 5) is 17.0. The molecule has 4 N–H and O–H groups in total. The summed E-state index contributed by atoms with van der Waals surface area (Å²) in [6.45, 7) is 6.70.